The van der Waals surface area contributed by atoms with Crippen molar-refractivity contribution in [1.82, 2.24) is 0 Å². The number of fused-ring (bicyclic) bond motifs is 5. The van der Waals surface area contributed by atoms with Crippen LogP contribution < -0.4 is 0 Å². The fraction of sp³-hybridized carbons (Fsp3) is 0.950. The number of hydrogen-bond donors (Lipinski definition) is 1. The van der Waals surface area contributed by atoms with Crippen LogP contribution in [0.5, 0.6) is 0 Å². The van der Waals surface area contributed by atoms with E-state index in [1.807, 2.05) is 0 Å². The summed E-state index contributed by atoms with van der Waals surface area (Å²) in [5, 5.41) is 10.1. The molecule has 22 heavy (non-hydrogen) atoms. The molecule has 4 aliphatic carbocycles. The Morgan fingerprint density at radius 1 is 0.909 bits per heavy atom. The molecule has 0 bridgehead atoms. The summed E-state index contributed by atoms with van der Waals surface area (Å²) in [7, 11) is 0. The summed E-state index contributed by atoms with van der Waals surface area (Å²) in [5.41, 5.74) is 0.753. The average Bonchev–Trinajstić information content (AvgIpc) is 2.84. The van der Waals surface area contributed by atoms with E-state index < -0.39 is 0 Å². The quantitative estimate of drug-likeness (QED) is 0.737. The Morgan fingerprint density at radius 3 is 2.41 bits per heavy atom. The van der Waals surface area contributed by atoms with Crippen molar-refractivity contribution in [3.8, 4) is 0 Å². The number of aliphatic hydroxyl groups is 1. The van der Waals surface area contributed by atoms with Crippen molar-refractivity contribution in [2.75, 3.05) is 0 Å². The number of carbonyl (C=O) groups excluding carboxylic acids is 1. The van der Waals surface area contributed by atoms with Gasteiger partial charge < -0.3 is 9.90 Å². The third-order valence-corrected chi connectivity index (χ3v) is 8.88. The lowest BCUT2D eigenvalue weighted by atomic mass is 9.45. The average molecular weight is 304 g/mol. The lowest BCUT2D eigenvalue weighted by Gasteiger charge is -2.60. The molecule has 0 aromatic carbocycles. The van der Waals surface area contributed by atoms with Crippen molar-refractivity contribution in [2.24, 2.45) is 40.4 Å². The van der Waals surface area contributed by atoms with Gasteiger partial charge in [-0.2, -0.15) is 0 Å². The molecular weight excluding hydrogens is 272 g/mol. The molecule has 2 heteroatoms. The molecule has 8 atom stereocenters. The molecule has 0 spiro atoms. The molecule has 124 valence electrons. The Kier molecular flexibility index (Phi) is 3.49. The van der Waals surface area contributed by atoms with E-state index in [0.29, 0.717) is 16.7 Å². The van der Waals surface area contributed by atoms with E-state index in [1.165, 1.54) is 44.8 Å². The number of hydrogen-bond acceptors (Lipinski definition) is 2. The minimum Gasteiger partial charge on any atom is -0.393 e. The van der Waals surface area contributed by atoms with Gasteiger partial charge in [0, 0.05) is 5.92 Å². The zero-order valence-corrected chi connectivity index (χ0v) is 14.3. The van der Waals surface area contributed by atoms with Crippen LogP contribution in [-0.4, -0.2) is 17.5 Å². The van der Waals surface area contributed by atoms with Crippen LogP contribution >= 0.6 is 0 Å². The van der Waals surface area contributed by atoms with Gasteiger partial charge in [0.1, 0.15) is 6.29 Å². The molecular formula is C20H32O2. The van der Waals surface area contributed by atoms with Gasteiger partial charge in [0.25, 0.3) is 0 Å². The summed E-state index contributed by atoms with van der Waals surface area (Å²) in [6, 6.07) is 0. The molecule has 0 saturated heterocycles. The Bertz CT molecular complexity index is 461. The first kappa shape index (κ1) is 15.2. The summed E-state index contributed by atoms with van der Waals surface area (Å²) in [5.74, 6) is 3.54. The van der Waals surface area contributed by atoms with Crippen molar-refractivity contribution < 1.29 is 9.90 Å². The van der Waals surface area contributed by atoms with Gasteiger partial charge >= 0.3 is 0 Å². The maximum Gasteiger partial charge on any atom is 0.123 e. The number of aliphatic hydroxyl groups excluding tert-OH is 1. The summed E-state index contributed by atoms with van der Waals surface area (Å²) < 4.78 is 0. The Balaban J connectivity index is 1.62. The van der Waals surface area contributed by atoms with Gasteiger partial charge in [0.2, 0.25) is 0 Å². The first-order valence-electron chi connectivity index (χ1n) is 9.62. The Labute approximate surface area is 135 Å². The van der Waals surface area contributed by atoms with Crippen molar-refractivity contribution >= 4 is 6.29 Å². The monoisotopic (exact) mass is 304 g/mol. The smallest absolute Gasteiger partial charge is 0.123 e. The van der Waals surface area contributed by atoms with E-state index in [2.05, 4.69) is 13.8 Å². The standard InChI is InChI=1S/C20H32O2/c1-19-9-7-15(22)11-13(19)3-5-16-17-6-4-14(12-21)20(17,2)10-8-18(16)19/h12-18,22H,3-11H2,1-2H3/t13-,14?,15+,16+,17+,18+,19+,20-/m1/s1. The van der Waals surface area contributed by atoms with Crippen molar-refractivity contribution in [1.29, 1.82) is 0 Å². The van der Waals surface area contributed by atoms with Crippen LogP contribution in [0.25, 0.3) is 0 Å². The number of aldehydes is 1. The van der Waals surface area contributed by atoms with Crippen LogP contribution in [-0.2, 0) is 4.79 Å². The largest absolute Gasteiger partial charge is 0.393 e. The molecule has 0 aliphatic heterocycles. The van der Waals surface area contributed by atoms with Crippen LogP contribution in [0.2, 0.25) is 0 Å². The molecule has 1 N–H and O–H groups in total. The van der Waals surface area contributed by atoms with Gasteiger partial charge in [-0.05, 0) is 92.3 Å². The molecule has 0 heterocycles. The molecule has 1 unspecified atom stereocenters. The minimum atomic E-state index is -0.0468. The van der Waals surface area contributed by atoms with Crippen molar-refractivity contribution in [3.63, 3.8) is 0 Å². The first-order valence-corrected chi connectivity index (χ1v) is 9.62. The van der Waals surface area contributed by atoms with Gasteiger partial charge in [-0.15, -0.1) is 0 Å². The fourth-order valence-electron chi connectivity index (χ4n) is 7.50. The predicted octanol–water partition coefficient (Wildman–Crippen LogP) is 4.21. The second kappa shape index (κ2) is 5.06. The van der Waals surface area contributed by atoms with Crippen LogP contribution in [0.15, 0.2) is 0 Å². The van der Waals surface area contributed by atoms with E-state index in [4.69, 9.17) is 0 Å². The lowest BCUT2D eigenvalue weighted by molar-refractivity contribution is -0.133. The van der Waals surface area contributed by atoms with E-state index in [9.17, 15) is 9.90 Å². The Morgan fingerprint density at radius 2 is 1.64 bits per heavy atom. The number of rotatable bonds is 1. The lowest BCUT2D eigenvalue weighted by Crippen LogP contribution is -2.54. The van der Waals surface area contributed by atoms with Gasteiger partial charge in [-0.3, -0.25) is 0 Å². The Hall–Kier alpha value is -0.370. The minimum absolute atomic E-state index is 0.0468. The van der Waals surface area contributed by atoms with Crippen molar-refractivity contribution in [2.45, 2.75) is 77.7 Å². The van der Waals surface area contributed by atoms with E-state index in [0.717, 1.165) is 42.9 Å². The van der Waals surface area contributed by atoms with E-state index in [1.54, 1.807) is 0 Å². The summed E-state index contributed by atoms with van der Waals surface area (Å²) >= 11 is 0. The van der Waals surface area contributed by atoms with Gasteiger partial charge in [0.05, 0.1) is 6.10 Å². The van der Waals surface area contributed by atoms with E-state index in [-0.39, 0.29) is 6.10 Å². The van der Waals surface area contributed by atoms with Gasteiger partial charge in [0.15, 0.2) is 0 Å². The molecule has 0 amide bonds. The third-order valence-electron chi connectivity index (χ3n) is 8.88. The highest BCUT2D eigenvalue weighted by Gasteiger charge is 2.59. The van der Waals surface area contributed by atoms with Crippen LogP contribution in [0.4, 0.5) is 0 Å². The maximum absolute atomic E-state index is 11.5. The maximum atomic E-state index is 11.5. The summed E-state index contributed by atoms with van der Waals surface area (Å²) in [6.45, 7) is 4.95. The van der Waals surface area contributed by atoms with Crippen LogP contribution in [0, 0.1) is 40.4 Å². The number of carbonyl (C=O) groups is 1. The highest BCUT2D eigenvalue weighted by atomic mass is 16.3. The summed E-state index contributed by atoms with van der Waals surface area (Å²) in [4.78, 5) is 11.5. The second-order valence-corrected chi connectivity index (χ2v) is 9.45. The predicted molar refractivity (Wildman–Crippen MR) is 87.3 cm³/mol. The zero-order chi connectivity index (χ0) is 15.5. The highest BCUT2D eigenvalue weighted by Crippen LogP contribution is 2.67. The molecule has 4 saturated carbocycles. The van der Waals surface area contributed by atoms with Crippen LogP contribution in [0.3, 0.4) is 0 Å². The third kappa shape index (κ3) is 1.92. The molecule has 0 aromatic heterocycles. The molecule has 0 aromatic rings. The van der Waals surface area contributed by atoms with Gasteiger partial charge in [-0.1, -0.05) is 13.8 Å². The fourth-order valence-corrected chi connectivity index (χ4v) is 7.50. The van der Waals surface area contributed by atoms with Crippen molar-refractivity contribution in [3.05, 3.63) is 0 Å². The molecule has 4 rings (SSSR count). The second-order valence-electron chi connectivity index (χ2n) is 9.45. The molecule has 4 fully saturated rings. The normalized spacial score (nSPS) is 57.6. The van der Waals surface area contributed by atoms with Crippen LogP contribution in [0.1, 0.15) is 71.6 Å². The summed E-state index contributed by atoms with van der Waals surface area (Å²) in [6.07, 6.45) is 12.2. The molecule has 0 radical (unpaired) electrons. The van der Waals surface area contributed by atoms with Gasteiger partial charge in [-0.25, -0.2) is 0 Å². The molecule has 4 aliphatic rings. The SMILES string of the molecule is C[C@]12CC[C@H](O)C[C@H]1CC[C@@H]1[C@@H]2CC[C@]2(C)C(C=O)CC[C@@H]12. The zero-order valence-electron chi connectivity index (χ0n) is 14.3. The van der Waals surface area contributed by atoms with E-state index >= 15 is 0 Å². The topological polar surface area (TPSA) is 37.3 Å². The first-order chi connectivity index (χ1) is 10.5. The highest BCUT2D eigenvalue weighted by molar-refractivity contribution is 5.56. The molecule has 2 nitrogen and oxygen atoms in total.